The fourth-order valence-electron chi connectivity index (χ4n) is 3.49. The molecule has 0 N–H and O–H groups in total. The van der Waals surface area contributed by atoms with Crippen LogP contribution in [0.1, 0.15) is 43.6 Å². The fraction of sp³-hybridized carbons (Fsp3) is 0.417. The first-order chi connectivity index (χ1) is 13.2. The SMILES string of the molecule is COc1cccc2c1[C@@](/C=C/c1ccccc1)(OC)[C@H]2O[Si](C)(C)C(C)(C)C. The number of hydrogen-bond acceptors (Lipinski definition) is 3. The summed E-state index contributed by atoms with van der Waals surface area (Å²) in [7, 11) is 1.46. The summed E-state index contributed by atoms with van der Waals surface area (Å²) >= 11 is 0. The smallest absolute Gasteiger partial charge is 0.193 e. The second-order valence-corrected chi connectivity index (χ2v) is 13.7. The first-order valence-corrected chi connectivity index (χ1v) is 12.7. The minimum atomic E-state index is -2.00. The molecule has 0 aromatic heterocycles. The van der Waals surface area contributed by atoms with Crippen molar-refractivity contribution in [2.45, 2.75) is 50.6 Å². The normalized spacial score (nSPS) is 22.0. The standard InChI is InChI=1S/C24H32O3Si/c1-23(2,3)28(6,7)27-22-19-14-11-15-20(25-4)21(19)24(22,26-5)17-16-18-12-9-8-10-13-18/h8-17,22H,1-7H3/b17-16+/t22-,24+/m0/s1. The Morgan fingerprint density at radius 3 is 2.21 bits per heavy atom. The second kappa shape index (κ2) is 7.51. The predicted octanol–water partition coefficient (Wildman–Crippen LogP) is 6.33. The van der Waals surface area contributed by atoms with E-state index in [2.05, 4.69) is 64.2 Å². The average Bonchev–Trinajstić information content (AvgIpc) is 2.66. The van der Waals surface area contributed by atoms with Gasteiger partial charge in [-0.05, 0) is 41.4 Å². The Hall–Kier alpha value is -1.88. The minimum absolute atomic E-state index is 0.115. The summed E-state index contributed by atoms with van der Waals surface area (Å²) in [5.41, 5.74) is 2.70. The van der Waals surface area contributed by atoms with Crippen LogP contribution in [0.3, 0.4) is 0 Å². The molecule has 150 valence electrons. The Kier molecular flexibility index (Phi) is 5.59. The quantitative estimate of drug-likeness (QED) is 0.534. The molecule has 0 bridgehead atoms. The third kappa shape index (κ3) is 3.45. The molecule has 3 rings (SSSR count). The lowest BCUT2D eigenvalue weighted by Crippen LogP contribution is -2.52. The van der Waals surface area contributed by atoms with Gasteiger partial charge in [0.2, 0.25) is 0 Å². The first-order valence-electron chi connectivity index (χ1n) is 9.81. The Balaban J connectivity index is 2.09. The summed E-state index contributed by atoms with van der Waals surface area (Å²) in [4.78, 5) is 0. The van der Waals surface area contributed by atoms with Gasteiger partial charge >= 0.3 is 0 Å². The first kappa shape index (κ1) is 20.8. The van der Waals surface area contributed by atoms with E-state index in [0.29, 0.717) is 0 Å². The molecule has 0 unspecified atom stereocenters. The van der Waals surface area contributed by atoms with Crippen LogP contribution in [0.25, 0.3) is 6.08 Å². The summed E-state index contributed by atoms with van der Waals surface area (Å²) in [5.74, 6) is 0.840. The molecular formula is C24H32O3Si. The molecule has 0 fully saturated rings. The van der Waals surface area contributed by atoms with Crippen molar-refractivity contribution in [3.63, 3.8) is 0 Å². The number of hydrogen-bond donors (Lipinski definition) is 0. The molecule has 0 saturated heterocycles. The molecule has 3 nitrogen and oxygen atoms in total. The van der Waals surface area contributed by atoms with E-state index in [1.807, 2.05) is 30.3 Å². The van der Waals surface area contributed by atoms with Crippen molar-refractivity contribution in [1.82, 2.24) is 0 Å². The van der Waals surface area contributed by atoms with Crippen molar-refractivity contribution < 1.29 is 13.9 Å². The maximum Gasteiger partial charge on any atom is 0.193 e. The van der Waals surface area contributed by atoms with Gasteiger partial charge in [-0.3, -0.25) is 0 Å². The van der Waals surface area contributed by atoms with E-state index >= 15 is 0 Å². The average molecular weight is 397 g/mol. The van der Waals surface area contributed by atoms with Gasteiger partial charge in [0.15, 0.2) is 8.32 Å². The van der Waals surface area contributed by atoms with E-state index in [4.69, 9.17) is 13.9 Å². The van der Waals surface area contributed by atoms with Crippen molar-refractivity contribution in [3.05, 3.63) is 71.3 Å². The van der Waals surface area contributed by atoms with Crippen molar-refractivity contribution >= 4 is 14.4 Å². The van der Waals surface area contributed by atoms with Gasteiger partial charge in [-0.15, -0.1) is 0 Å². The third-order valence-electron chi connectivity index (χ3n) is 6.22. The summed E-state index contributed by atoms with van der Waals surface area (Å²) in [5, 5.41) is 0.115. The molecule has 28 heavy (non-hydrogen) atoms. The second-order valence-electron chi connectivity index (χ2n) is 8.92. The molecular weight excluding hydrogens is 364 g/mol. The number of ether oxygens (including phenoxy) is 2. The van der Waals surface area contributed by atoms with Crippen molar-refractivity contribution in [1.29, 1.82) is 0 Å². The molecule has 0 saturated carbocycles. The van der Waals surface area contributed by atoms with E-state index in [0.717, 1.165) is 22.4 Å². The van der Waals surface area contributed by atoms with E-state index in [9.17, 15) is 0 Å². The Bertz CT molecular complexity index is 852. The third-order valence-corrected chi connectivity index (χ3v) is 10.7. The molecule has 0 aliphatic heterocycles. The molecule has 1 aliphatic rings. The van der Waals surface area contributed by atoms with Gasteiger partial charge in [0, 0.05) is 12.7 Å². The highest BCUT2D eigenvalue weighted by Crippen LogP contribution is 2.59. The monoisotopic (exact) mass is 396 g/mol. The van der Waals surface area contributed by atoms with Gasteiger partial charge in [-0.2, -0.15) is 0 Å². The van der Waals surface area contributed by atoms with Crippen molar-refractivity contribution in [3.8, 4) is 5.75 Å². The highest BCUT2D eigenvalue weighted by molar-refractivity contribution is 6.74. The molecule has 2 aromatic rings. The maximum atomic E-state index is 6.87. The summed E-state index contributed by atoms with van der Waals surface area (Å²) in [6.45, 7) is 11.4. The molecule has 1 aliphatic carbocycles. The molecule has 2 aromatic carbocycles. The van der Waals surface area contributed by atoms with E-state index in [1.54, 1.807) is 14.2 Å². The van der Waals surface area contributed by atoms with Crippen LogP contribution in [0.2, 0.25) is 18.1 Å². The van der Waals surface area contributed by atoms with Crippen LogP contribution in [0, 0.1) is 0 Å². The van der Waals surface area contributed by atoms with Gasteiger partial charge in [0.05, 0.1) is 7.11 Å². The topological polar surface area (TPSA) is 27.7 Å². The zero-order chi connectivity index (χ0) is 20.6. The zero-order valence-corrected chi connectivity index (χ0v) is 19.1. The van der Waals surface area contributed by atoms with Crippen LogP contribution in [0.4, 0.5) is 0 Å². The number of benzene rings is 2. The summed E-state index contributed by atoms with van der Waals surface area (Å²) in [6, 6.07) is 16.4. The number of fused-ring (bicyclic) bond motifs is 1. The lowest BCUT2D eigenvalue weighted by Gasteiger charge is -2.52. The van der Waals surface area contributed by atoms with E-state index in [-0.39, 0.29) is 11.1 Å². The lowest BCUT2D eigenvalue weighted by molar-refractivity contribution is -0.0976. The van der Waals surface area contributed by atoms with Crippen molar-refractivity contribution in [2.75, 3.05) is 14.2 Å². The summed E-state index contributed by atoms with van der Waals surface area (Å²) < 4.78 is 18.7. The zero-order valence-electron chi connectivity index (χ0n) is 18.1. The molecule has 0 spiro atoms. The van der Waals surface area contributed by atoms with Crippen LogP contribution in [-0.4, -0.2) is 22.5 Å². The molecule has 0 radical (unpaired) electrons. The number of methoxy groups -OCH3 is 2. The molecule has 0 heterocycles. The van der Waals surface area contributed by atoms with Gasteiger partial charge < -0.3 is 13.9 Å². The van der Waals surface area contributed by atoms with E-state index < -0.39 is 13.9 Å². The molecule has 4 heteroatoms. The predicted molar refractivity (Wildman–Crippen MR) is 118 cm³/mol. The van der Waals surface area contributed by atoms with Crippen molar-refractivity contribution in [2.24, 2.45) is 0 Å². The van der Waals surface area contributed by atoms with Crippen LogP contribution >= 0.6 is 0 Å². The van der Waals surface area contributed by atoms with Crippen LogP contribution in [-0.2, 0) is 14.8 Å². The minimum Gasteiger partial charge on any atom is -0.496 e. The van der Waals surface area contributed by atoms with Gasteiger partial charge in [0.25, 0.3) is 0 Å². The highest BCUT2D eigenvalue weighted by Gasteiger charge is 2.56. The Morgan fingerprint density at radius 1 is 0.964 bits per heavy atom. The van der Waals surface area contributed by atoms with Crippen LogP contribution in [0.15, 0.2) is 54.6 Å². The van der Waals surface area contributed by atoms with Gasteiger partial charge in [-0.1, -0.05) is 69.3 Å². The van der Waals surface area contributed by atoms with Gasteiger partial charge in [-0.25, -0.2) is 0 Å². The largest absolute Gasteiger partial charge is 0.496 e. The lowest BCUT2D eigenvalue weighted by atomic mass is 9.69. The van der Waals surface area contributed by atoms with E-state index in [1.165, 1.54) is 0 Å². The fourth-order valence-corrected chi connectivity index (χ4v) is 4.74. The van der Waals surface area contributed by atoms with Gasteiger partial charge in [0.1, 0.15) is 17.5 Å². The number of rotatable bonds is 6. The van der Waals surface area contributed by atoms with Crippen LogP contribution < -0.4 is 4.74 Å². The summed E-state index contributed by atoms with van der Waals surface area (Å²) in [6.07, 6.45) is 4.09. The maximum absolute atomic E-state index is 6.87. The highest BCUT2D eigenvalue weighted by atomic mass is 28.4. The Labute approximate surface area is 170 Å². The molecule has 2 atom stereocenters. The Morgan fingerprint density at radius 2 is 1.64 bits per heavy atom. The molecule has 0 amide bonds. The van der Waals surface area contributed by atoms with Crippen LogP contribution in [0.5, 0.6) is 5.75 Å².